The van der Waals surface area contributed by atoms with Gasteiger partial charge in [0.1, 0.15) is 5.60 Å². The van der Waals surface area contributed by atoms with Crippen molar-refractivity contribution >= 4 is 13.7 Å². The Morgan fingerprint density at radius 2 is 1.67 bits per heavy atom. The quantitative estimate of drug-likeness (QED) is 0.571. The number of carbonyl (C=O) groups excluding carboxylic acids is 1. The first kappa shape index (κ1) is 17.4. The zero-order valence-electron chi connectivity index (χ0n) is 11.5. The van der Waals surface area contributed by atoms with Gasteiger partial charge in [-0.1, -0.05) is 0 Å². The highest BCUT2D eigenvalue weighted by molar-refractivity contribution is 7.53. The van der Waals surface area contributed by atoms with Crippen LogP contribution in [0.25, 0.3) is 0 Å². The van der Waals surface area contributed by atoms with Crippen molar-refractivity contribution in [2.24, 2.45) is 0 Å². The van der Waals surface area contributed by atoms with E-state index in [1.807, 2.05) is 5.48 Å². The van der Waals surface area contributed by atoms with Crippen LogP contribution in [0, 0.1) is 0 Å². The topological polar surface area (TPSA) is 83.1 Å². The van der Waals surface area contributed by atoms with Crippen molar-refractivity contribution in [1.82, 2.24) is 5.48 Å². The Balaban J connectivity index is 4.07. The van der Waals surface area contributed by atoms with E-state index in [1.54, 1.807) is 34.6 Å². The van der Waals surface area contributed by atoms with Crippen molar-refractivity contribution in [2.75, 3.05) is 19.6 Å². The zero-order chi connectivity index (χ0) is 14.2. The van der Waals surface area contributed by atoms with Gasteiger partial charge in [0, 0.05) is 0 Å². The normalized spacial score (nSPS) is 12.3. The first-order valence-corrected chi connectivity index (χ1v) is 7.44. The summed E-state index contributed by atoms with van der Waals surface area (Å²) in [4.78, 5) is 16.0. The zero-order valence-corrected chi connectivity index (χ0v) is 12.4. The Kier molecular flexibility index (Phi) is 7.47. The first-order chi connectivity index (χ1) is 8.22. The summed E-state index contributed by atoms with van der Waals surface area (Å²) in [6.45, 7) is 8.99. The van der Waals surface area contributed by atoms with Crippen LogP contribution in [0.2, 0.25) is 0 Å². The molecule has 0 heterocycles. The lowest BCUT2D eigenvalue weighted by atomic mass is 10.2. The molecule has 0 unspecified atom stereocenters. The highest BCUT2D eigenvalue weighted by atomic mass is 31.2. The molecule has 0 aromatic heterocycles. The molecular formula is C10H22NO6P. The van der Waals surface area contributed by atoms with E-state index in [2.05, 4.69) is 0 Å². The maximum atomic E-state index is 11.9. The third-order valence-corrected chi connectivity index (χ3v) is 3.18. The summed E-state index contributed by atoms with van der Waals surface area (Å²) < 4.78 is 26.8. The van der Waals surface area contributed by atoms with Crippen molar-refractivity contribution in [2.45, 2.75) is 40.2 Å². The molecule has 1 amide bonds. The van der Waals surface area contributed by atoms with Crippen LogP contribution in [0.3, 0.4) is 0 Å². The molecule has 0 aliphatic carbocycles. The highest BCUT2D eigenvalue weighted by Crippen LogP contribution is 2.47. The summed E-state index contributed by atoms with van der Waals surface area (Å²) >= 11 is 0. The van der Waals surface area contributed by atoms with E-state index in [1.165, 1.54) is 0 Å². The van der Waals surface area contributed by atoms with Crippen molar-refractivity contribution in [3.05, 3.63) is 0 Å². The van der Waals surface area contributed by atoms with Crippen LogP contribution in [-0.4, -0.2) is 31.3 Å². The largest absolute Gasteiger partial charge is 0.442 e. The molecule has 0 aliphatic heterocycles. The third kappa shape index (κ3) is 8.47. The van der Waals surface area contributed by atoms with Crippen molar-refractivity contribution in [3.8, 4) is 0 Å². The van der Waals surface area contributed by atoms with E-state index < -0.39 is 19.3 Å². The number of rotatable bonds is 7. The average Bonchev–Trinajstić information content (AvgIpc) is 2.14. The van der Waals surface area contributed by atoms with E-state index in [9.17, 15) is 9.36 Å². The van der Waals surface area contributed by atoms with Gasteiger partial charge in [-0.25, -0.2) is 4.79 Å². The minimum Gasteiger partial charge on any atom is -0.442 e. The lowest BCUT2D eigenvalue weighted by molar-refractivity contribution is -0.000339. The molecule has 0 saturated carbocycles. The maximum absolute atomic E-state index is 11.9. The van der Waals surface area contributed by atoms with Gasteiger partial charge in [-0.2, -0.15) is 5.48 Å². The predicted molar refractivity (Wildman–Crippen MR) is 66.2 cm³/mol. The Morgan fingerprint density at radius 1 is 1.17 bits per heavy atom. The fourth-order valence-corrected chi connectivity index (χ4v) is 2.21. The molecule has 0 rings (SSSR count). The minimum atomic E-state index is -3.32. The van der Waals surface area contributed by atoms with Crippen LogP contribution in [0.1, 0.15) is 34.6 Å². The predicted octanol–water partition coefficient (Wildman–Crippen LogP) is 2.67. The summed E-state index contributed by atoms with van der Waals surface area (Å²) in [5.74, 6) is 0. The third-order valence-electron chi connectivity index (χ3n) is 1.43. The lowest BCUT2D eigenvalue weighted by Gasteiger charge is -2.20. The van der Waals surface area contributed by atoms with Gasteiger partial charge in [-0.3, -0.25) is 9.40 Å². The van der Waals surface area contributed by atoms with E-state index in [0.29, 0.717) is 0 Å². The molecule has 0 aromatic rings. The highest BCUT2D eigenvalue weighted by Gasteiger charge is 2.25. The summed E-state index contributed by atoms with van der Waals surface area (Å²) in [5.41, 5.74) is 1.39. The molecule has 0 saturated heterocycles. The number of hydroxylamine groups is 1. The molecule has 7 nitrogen and oxygen atoms in total. The average molecular weight is 283 g/mol. The van der Waals surface area contributed by atoms with Crippen LogP contribution < -0.4 is 5.48 Å². The number of hydrogen-bond acceptors (Lipinski definition) is 6. The molecule has 8 heteroatoms. The lowest BCUT2D eigenvalue weighted by Crippen LogP contribution is -2.32. The van der Waals surface area contributed by atoms with E-state index in [0.717, 1.165) is 0 Å². The molecule has 1 N–H and O–H groups in total. The van der Waals surface area contributed by atoms with Gasteiger partial charge in [0.2, 0.25) is 0 Å². The van der Waals surface area contributed by atoms with Crippen molar-refractivity contribution in [3.63, 3.8) is 0 Å². The fraction of sp³-hybridized carbons (Fsp3) is 0.900. The summed E-state index contributed by atoms with van der Waals surface area (Å²) in [6.07, 6.45) is -1.13. The first-order valence-electron chi connectivity index (χ1n) is 5.71. The number of nitrogens with one attached hydrogen (secondary N) is 1. The number of carbonyl (C=O) groups is 1. The molecule has 108 valence electrons. The van der Waals surface area contributed by atoms with E-state index in [4.69, 9.17) is 18.6 Å². The second kappa shape index (κ2) is 7.74. The smallest absolute Gasteiger partial charge is 0.431 e. The SMILES string of the molecule is CCOP(=O)(CONC(=O)OC(C)(C)C)OCC. The van der Waals surface area contributed by atoms with Gasteiger partial charge in [0.15, 0.2) is 6.35 Å². The fourth-order valence-electron chi connectivity index (χ4n) is 0.974. The number of ether oxygens (including phenoxy) is 1. The van der Waals surface area contributed by atoms with E-state index in [-0.39, 0.29) is 19.6 Å². The van der Waals surface area contributed by atoms with Gasteiger partial charge in [-0.15, -0.1) is 0 Å². The second-order valence-corrected chi connectivity index (χ2v) is 6.32. The minimum absolute atomic E-state index is 0.229. The standard InChI is InChI=1S/C10H22NO6P/c1-6-15-18(13,16-7-2)8-14-11-9(12)17-10(3,4)5/h6-8H2,1-5H3,(H,11,12). The maximum Gasteiger partial charge on any atom is 0.431 e. The van der Waals surface area contributed by atoms with Gasteiger partial charge < -0.3 is 13.8 Å². The van der Waals surface area contributed by atoms with Crippen molar-refractivity contribution in [1.29, 1.82) is 0 Å². The van der Waals surface area contributed by atoms with Gasteiger partial charge >= 0.3 is 13.7 Å². The van der Waals surface area contributed by atoms with Crippen LogP contribution in [0.5, 0.6) is 0 Å². The van der Waals surface area contributed by atoms with Gasteiger partial charge in [-0.05, 0) is 34.6 Å². The summed E-state index contributed by atoms with van der Waals surface area (Å²) in [6, 6.07) is 0. The Labute approximate surface area is 108 Å². The molecular weight excluding hydrogens is 261 g/mol. The van der Waals surface area contributed by atoms with Gasteiger partial charge in [0.25, 0.3) is 0 Å². The molecule has 0 spiro atoms. The molecule has 0 aromatic carbocycles. The number of hydrogen-bond donors (Lipinski definition) is 1. The van der Waals surface area contributed by atoms with Crippen LogP contribution in [0.4, 0.5) is 4.79 Å². The monoisotopic (exact) mass is 283 g/mol. The molecule has 0 atom stereocenters. The molecule has 0 bridgehead atoms. The van der Waals surface area contributed by atoms with Crippen LogP contribution >= 0.6 is 7.60 Å². The Bertz CT molecular complexity index is 291. The Morgan fingerprint density at radius 3 is 2.06 bits per heavy atom. The molecule has 0 radical (unpaired) electrons. The van der Waals surface area contributed by atoms with Gasteiger partial charge in [0.05, 0.1) is 13.2 Å². The van der Waals surface area contributed by atoms with E-state index >= 15 is 0 Å². The summed E-state index contributed by atoms with van der Waals surface area (Å²) in [5, 5.41) is 0. The second-order valence-electron chi connectivity index (χ2n) is 4.32. The molecule has 0 aliphatic rings. The molecule has 0 fully saturated rings. The number of amides is 1. The van der Waals surface area contributed by atoms with Crippen LogP contribution in [0.15, 0.2) is 0 Å². The summed E-state index contributed by atoms with van der Waals surface area (Å²) in [7, 11) is -3.32. The molecule has 18 heavy (non-hydrogen) atoms. The van der Waals surface area contributed by atoms with Crippen molar-refractivity contribution < 1.29 is 28.0 Å². The van der Waals surface area contributed by atoms with Crippen LogP contribution in [-0.2, 0) is 23.2 Å². The Hall–Kier alpha value is -0.620.